The van der Waals surface area contributed by atoms with Gasteiger partial charge >= 0.3 is 10.1 Å². The molecule has 0 radical (unpaired) electrons. The van der Waals surface area contributed by atoms with Gasteiger partial charge in [-0.05, 0) is 31.2 Å². The van der Waals surface area contributed by atoms with Gasteiger partial charge in [0.2, 0.25) is 0 Å². The number of benzene rings is 1. The van der Waals surface area contributed by atoms with E-state index in [2.05, 4.69) is 5.32 Å². The Labute approximate surface area is 129 Å². The minimum atomic E-state index is -4.36. The van der Waals surface area contributed by atoms with E-state index in [-0.39, 0.29) is 20.5 Å². The molecule has 0 bridgehead atoms. The maximum Gasteiger partial charge on any atom is 0.304 e. The quantitative estimate of drug-likeness (QED) is 0.832. The molecule has 5 nitrogen and oxygen atoms in total. The van der Waals surface area contributed by atoms with Crippen LogP contribution in [0.15, 0.2) is 28.5 Å². The summed E-state index contributed by atoms with van der Waals surface area (Å²) >= 11 is 6.38. The monoisotopic (exact) mass is 349 g/mol. The van der Waals surface area contributed by atoms with Crippen molar-refractivity contribution in [3.8, 4) is 0 Å². The summed E-state index contributed by atoms with van der Waals surface area (Å²) in [5.41, 5.74) is 0.374. The summed E-state index contributed by atoms with van der Waals surface area (Å²) in [5.74, 6) is -1.20. The van der Waals surface area contributed by atoms with Crippen LogP contribution in [0.2, 0.25) is 5.02 Å². The molecule has 0 spiro atoms. The Kier molecular flexibility index (Phi) is 4.33. The van der Waals surface area contributed by atoms with E-state index in [1.165, 1.54) is 12.1 Å². The first-order valence-corrected chi connectivity index (χ1v) is 8.16. The van der Waals surface area contributed by atoms with Crippen LogP contribution in [-0.2, 0) is 10.1 Å². The SMILES string of the molecule is Cc1sc(S(=O)(=O)O)cc1C(=O)Nc1ccc(F)c(Cl)c1. The third-order valence-electron chi connectivity index (χ3n) is 2.57. The third-order valence-corrected chi connectivity index (χ3v) is 5.21. The van der Waals surface area contributed by atoms with Gasteiger partial charge in [-0.15, -0.1) is 11.3 Å². The average molecular weight is 350 g/mol. The highest BCUT2D eigenvalue weighted by Gasteiger charge is 2.20. The molecule has 0 saturated carbocycles. The largest absolute Gasteiger partial charge is 0.322 e. The first-order chi connectivity index (χ1) is 9.68. The van der Waals surface area contributed by atoms with Gasteiger partial charge in [0.1, 0.15) is 10.0 Å². The molecule has 0 unspecified atom stereocenters. The molecule has 1 amide bonds. The summed E-state index contributed by atoms with van der Waals surface area (Å²) < 4.78 is 43.7. The normalized spacial score (nSPS) is 11.4. The number of halogens is 2. The highest BCUT2D eigenvalue weighted by atomic mass is 35.5. The molecular formula is C12H9ClFNO4S2. The van der Waals surface area contributed by atoms with Crippen molar-refractivity contribution in [2.45, 2.75) is 11.1 Å². The van der Waals surface area contributed by atoms with Crippen LogP contribution in [0.1, 0.15) is 15.2 Å². The third kappa shape index (κ3) is 3.59. The number of carbonyl (C=O) groups is 1. The molecule has 1 heterocycles. The highest BCUT2D eigenvalue weighted by Crippen LogP contribution is 2.27. The summed E-state index contributed by atoms with van der Waals surface area (Å²) in [6.07, 6.45) is 0. The van der Waals surface area contributed by atoms with E-state index < -0.39 is 21.8 Å². The summed E-state index contributed by atoms with van der Waals surface area (Å²) in [6, 6.07) is 4.74. The predicted octanol–water partition coefficient (Wildman–Crippen LogP) is 3.35. The second kappa shape index (κ2) is 5.72. The molecular weight excluding hydrogens is 341 g/mol. The van der Waals surface area contributed by atoms with Crippen LogP contribution >= 0.6 is 22.9 Å². The van der Waals surface area contributed by atoms with Crippen molar-refractivity contribution in [2.75, 3.05) is 5.32 Å². The molecule has 9 heteroatoms. The van der Waals surface area contributed by atoms with Crippen LogP contribution < -0.4 is 5.32 Å². The lowest BCUT2D eigenvalue weighted by Gasteiger charge is -2.05. The van der Waals surface area contributed by atoms with E-state index in [1.54, 1.807) is 6.92 Å². The van der Waals surface area contributed by atoms with Crippen molar-refractivity contribution in [3.63, 3.8) is 0 Å². The number of anilines is 1. The van der Waals surface area contributed by atoms with Crippen LogP contribution in [0.25, 0.3) is 0 Å². The minimum Gasteiger partial charge on any atom is -0.322 e. The zero-order chi connectivity index (χ0) is 15.8. The summed E-state index contributed by atoms with van der Waals surface area (Å²) in [6.45, 7) is 1.55. The molecule has 1 aromatic carbocycles. The number of hydrogen-bond donors (Lipinski definition) is 2. The maximum absolute atomic E-state index is 13.0. The number of hydrogen-bond acceptors (Lipinski definition) is 4. The summed E-state index contributed by atoms with van der Waals surface area (Å²) in [4.78, 5) is 12.5. The lowest BCUT2D eigenvalue weighted by Crippen LogP contribution is -2.12. The van der Waals surface area contributed by atoms with E-state index in [1.807, 2.05) is 0 Å². The van der Waals surface area contributed by atoms with Gasteiger partial charge in [-0.1, -0.05) is 11.6 Å². The van der Waals surface area contributed by atoms with Crippen molar-refractivity contribution >= 4 is 44.7 Å². The Bertz CT molecular complexity index is 817. The second-order valence-corrected chi connectivity index (χ2v) is 7.41. The minimum absolute atomic E-state index is 0.105. The van der Waals surface area contributed by atoms with Gasteiger partial charge < -0.3 is 5.32 Å². The Morgan fingerprint density at radius 1 is 1.38 bits per heavy atom. The molecule has 2 N–H and O–H groups in total. The molecule has 0 aliphatic carbocycles. The fourth-order valence-electron chi connectivity index (χ4n) is 1.58. The van der Waals surface area contributed by atoms with Gasteiger partial charge in [-0.3, -0.25) is 9.35 Å². The summed E-state index contributed by atoms with van der Waals surface area (Å²) in [7, 11) is -4.36. The number of thiophene rings is 1. The smallest absolute Gasteiger partial charge is 0.304 e. The number of rotatable bonds is 3. The van der Waals surface area contributed by atoms with Crippen molar-refractivity contribution in [3.05, 3.63) is 45.5 Å². The Balaban J connectivity index is 2.28. The Morgan fingerprint density at radius 3 is 2.57 bits per heavy atom. The fourth-order valence-corrected chi connectivity index (χ4v) is 3.56. The van der Waals surface area contributed by atoms with Crippen molar-refractivity contribution in [1.82, 2.24) is 0 Å². The van der Waals surface area contributed by atoms with Crippen LogP contribution in [-0.4, -0.2) is 18.9 Å². The number of aryl methyl sites for hydroxylation is 1. The van der Waals surface area contributed by atoms with Gasteiger partial charge in [0.15, 0.2) is 0 Å². The first kappa shape index (κ1) is 15.9. The molecule has 0 aliphatic heterocycles. The van der Waals surface area contributed by atoms with Gasteiger partial charge in [-0.2, -0.15) is 8.42 Å². The molecule has 0 fully saturated rings. The molecule has 1 aromatic heterocycles. The van der Waals surface area contributed by atoms with E-state index in [9.17, 15) is 17.6 Å². The number of amides is 1. The van der Waals surface area contributed by atoms with E-state index in [0.717, 1.165) is 23.5 Å². The zero-order valence-electron chi connectivity index (χ0n) is 10.6. The lowest BCUT2D eigenvalue weighted by molar-refractivity contribution is 0.102. The Morgan fingerprint density at radius 2 is 2.05 bits per heavy atom. The molecule has 2 aromatic rings. The predicted molar refractivity (Wildman–Crippen MR) is 78.2 cm³/mol. The van der Waals surface area contributed by atoms with Gasteiger partial charge in [0.05, 0.1) is 10.6 Å². The molecule has 2 rings (SSSR count). The maximum atomic E-state index is 13.0. The average Bonchev–Trinajstić information content (AvgIpc) is 2.76. The van der Waals surface area contributed by atoms with E-state index in [4.69, 9.17) is 16.2 Å². The van der Waals surface area contributed by atoms with E-state index in [0.29, 0.717) is 4.88 Å². The first-order valence-electron chi connectivity index (χ1n) is 5.53. The molecule has 0 saturated heterocycles. The second-order valence-electron chi connectivity index (χ2n) is 4.09. The molecule has 112 valence electrons. The van der Waals surface area contributed by atoms with Crippen LogP contribution in [0, 0.1) is 12.7 Å². The topological polar surface area (TPSA) is 83.5 Å². The lowest BCUT2D eigenvalue weighted by atomic mass is 10.2. The molecule has 0 aliphatic rings. The zero-order valence-corrected chi connectivity index (χ0v) is 12.9. The summed E-state index contributed by atoms with van der Waals surface area (Å²) in [5, 5.41) is 2.33. The highest BCUT2D eigenvalue weighted by molar-refractivity contribution is 7.88. The van der Waals surface area contributed by atoms with Crippen LogP contribution in [0.4, 0.5) is 10.1 Å². The van der Waals surface area contributed by atoms with Gasteiger partial charge in [0, 0.05) is 10.6 Å². The fraction of sp³-hybridized carbons (Fsp3) is 0.0833. The van der Waals surface area contributed by atoms with Crippen LogP contribution in [0.5, 0.6) is 0 Å². The van der Waals surface area contributed by atoms with Crippen LogP contribution in [0.3, 0.4) is 0 Å². The Hall–Kier alpha value is -1.48. The molecule has 0 atom stereocenters. The standard InChI is InChI=1S/C12H9ClFNO4S2/c1-6-8(5-11(20-6)21(17,18)19)12(16)15-7-2-3-10(14)9(13)4-7/h2-5H,1H3,(H,15,16)(H,17,18,19). The number of carbonyl (C=O) groups excluding carboxylic acids is 1. The molecule has 21 heavy (non-hydrogen) atoms. The van der Waals surface area contributed by atoms with Gasteiger partial charge in [0.25, 0.3) is 5.91 Å². The van der Waals surface area contributed by atoms with Crippen molar-refractivity contribution in [1.29, 1.82) is 0 Å². The van der Waals surface area contributed by atoms with Gasteiger partial charge in [-0.25, -0.2) is 4.39 Å². The number of nitrogens with one attached hydrogen (secondary N) is 1. The van der Waals surface area contributed by atoms with Crippen molar-refractivity contribution < 1.29 is 22.2 Å². The van der Waals surface area contributed by atoms with Crippen molar-refractivity contribution in [2.24, 2.45) is 0 Å². The van der Waals surface area contributed by atoms with E-state index >= 15 is 0 Å².